The van der Waals surface area contributed by atoms with Gasteiger partial charge in [0.15, 0.2) is 0 Å². The Morgan fingerprint density at radius 2 is 2.00 bits per heavy atom. The van der Waals surface area contributed by atoms with Gasteiger partial charge in [-0.3, -0.25) is 4.79 Å². The van der Waals surface area contributed by atoms with Crippen molar-refractivity contribution in [3.8, 4) is 0 Å². The first kappa shape index (κ1) is 15.4. The van der Waals surface area contributed by atoms with Gasteiger partial charge in [0.2, 0.25) is 0 Å². The van der Waals surface area contributed by atoms with Crippen LogP contribution in [0.5, 0.6) is 0 Å². The van der Waals surface area contributed by atoms with Gasteiger partial charge in [0.25, 0.3) is 0 Å². The van der Waals surface area contributed by atoms with Crippen molar-refractivity contribution in [2.24, 2.45) is 0 Å². The van der Waals surface area contributed by atoms with Crippen LogP contribution >= 0.6 is 0 Å². The maximum atomic E-state index is 11.9. The Morgan fingerprint density at radius 1 is 1.38 bits per heavy atom. The summed E-state index contributed by atoms with van der Waals surface area (Å²) >= 11 is 0. The molecule has 1 atom stereocenters. The molecule has 0 saturated carbocycles. The third kappa shape index (κ3) is 4.94. The molecule has 4 heteroatoms. The van der Waals surface area contributed by atoms with Gasteiger partial charge in [0.1, 0.15) is 5.54 Å². The molecule has 0 amide bonds. The van der Waals surface area contributed by atoms with E-state index in [1.165, 1.54) is 0 Å². The van der Waals surface area contributed by atoms with E-state index in [2.05, 4.69) is 24.2 Å². The number of rotatable bonds is 8. The van der Waals surface area contributed by atoms with E-state index in [1.807, 2.05) is 20.8 Å². The van der Waals surface area contributed by atoms with Crippen LogP contribution in [-0.2, 0) is 9.53 Å². The molecule has 0 aromatic carbocycles. The number of nitrogens with one attached hydrogen (secondary N) is 1. The normalized spacial score (nSPS) is 14.9. The average molecular weight is 230 g/mol. The predicted molar refractivity (Wildman–Crippen MR) is 66.5 cm³/mol. The van der Waals surface area contributed by atoms with Gasteiger partial charge in [-0.25, -0.2) is 0 Å². The lowest BCUT2D eigenvalue weighted by Crippen LogP contribution is -2.52. The summed E-state index contributed by atoms with van der Waals surface area (Å²) in [5, 5.41) is 3.22. The van der Waals surface area contributed by atoms with E-state index in [0.717, 1.165) is 26.1 Å². The summed E-state index contributed by atoms with van der Waals surface area (Å²) in [5.41, 5.74) is -0.561. The van der Waals surface area contributed by atoms with E-state index < -0.39 is 5.54 Å². The first-order valence-corrected chi connectivity index (χ1v) is 6.11. The zero-order chi connectivity index (χ0) is 12.6. The molecule has 0 aliphatic carbocycles. The molecule has 0 heterocycles. The van der Waals surface area contributed by atoms with Crippen LogP contribution in [0.1, 0.15) is 34.1 Å². The van der Waals surface area contributed by atoms with Gasteiger partial charge < -0.3 is 15.0 Å². The van der Waals surface area contributed by atoms with Crippen LogP contribution in [-0.4, -0.2) is 49.7 Å². The van der Waals surface area contributed by atoms with Crippen LogP contribution in [0.4, 0.5) is 0 Å². The quantitative estimate of drug-likeness (QED) is 0.637. The van der Waals surface area contributed by atoms with Crippen molar-refractivity contribution >= 4 is 5.97 Å². The number of carbonyl (C=O) groups excluding carboxylic acids is 1. The van der Waals surface area contributed by atoms with Gasteiger partial charge in [0.05, 0.1) is 6.61 Å². The minimum absolute atomic E-state index is 0.152. The maximum absolute atomic E-state index is 11.9. The maximum Gasteiger partial charge on any atom is 0.326 e. The van der Waals surface area contributed by atoms with Crippen molar-refractivity contribution in [2.75, 3.05) is 33.3 Å². The predicted octanol–water partition coefficient (Wildman–Crippen LogP) is 1.26. The minimum atomic E-state index is -0.561. The second-order valence-electron chi connectivity index (χ2n) is 4.23. The van der Waals surface area contributed by atoms with E-state index in [9.17, 15) is 4.79 Å². The van der Waals surface area contributed by atoms with Gasteiger partial charge in [-0.05, 0) is 40.4 Å². The fraction of sp³-hybridized carbons (Fsp3) is 0.917. The Bertz CT molecular complexity index is 209. The number of ether oxygens (including phenoxy) is 1. The van der Waals surface area contributed by atoms with E-state index in [0.29, 0.717) is 6.61 Å². The van der Waals surface area contributed by atoms with Crippen LogP contribution in [0.25, 0.3) is 0 Å². The lowest BCUT2D eigenvalue weighted by molar-refractivity contribution is -0.150. The van der Waals surface area contributed by atoms with Crippen LogP contribution in [0.15, 0.2) is 0 Å². The molecule has 0 bridgehead atoms. The van der Waals surface area contributed by atoms with Gasteiger partial charge in [-0.15, -0.1) is 0 Å². The molecule has 0 aromatic rings. The number of carbonyl (C=O) groups is 1. The molecule has 16 heavy (non-hydrogen) atoms. The second kappa shape index (κ2) is 7.63. The molecule has 0 spiro atoms. The van der Waals surface area contributed by atoms with Gasteiger partial charge >= 0.3 is 5.97 Å². The number of esters is 1. The zero-order valence-corrected chi connectivity index (χ0v) is 11.3. The highest BCUT2D eigenvalue weighted by atomic mass is 16.5. The molecular weight excluding hydrogens is 204 g/mol. The molecule has 0 radical (unpaired) electrons. The topological polar surface area (TPSA) is 41.6 Å². The third-order valence-corrected chi connectivity index (χ3v) is 2.83. The Labute approximate surface area is 99.3 Å². The number of hydrogen-bond acceptors (Lipinski definition) is 4. The summed E-state index contributed by atoms with van der Waals surface area (Å²) in [6.07, 6.45) is 0.768. The molecule has 0 saturated heterocycles. The van der Waals surface area contributed by atoms with E-state index in [4.69, 9.17) is 4.74 Å². The highest BCUT2D eigenvalue weighted by Gasteiger charge is 2.33. The van der Waals surface area contributed by atoms with Crippen LogP contribution < -0.4 is 5.32 Å². The molecule has 4 nitrogen and oxygen atoms in total. The average Bonchev–Trinajstić information content (AvgIpc) is 2.26. The van der Waals surface area contributed by atoms with Crippen molar-refractivity contribution in [3.05, 3.63) is 0 Å². The van der Waals surface area contributed by atoms with Crippen LogP contribution in [0.2, 0.25) is 0 Å². The van der Waals surface area contributed by atoms with Crippen molar-refractivity contribution in [3.63, 3.8) is 0 Å². The Balaban J connectivity index is 4.37. The first-order chi connectivity index (χ1) is 7.50. The molecule has 0 aliphatic rings. The Hall–Kier alpha value is -0.610. The molecule has 1 N–H and O–H groups in total. The van der Waals surface area contributed by atoms with E-state index in [-0.39, 0.29) is 5.97 Å². The zero-order valence-electron chi connectivity index (χ0n) is 11.3. The fourth-order valence-corrected chi connectivity index (χ4v) is 1.52. The lowest BCUT2D eigenvalue weighted by Gasteiger charge is -2.29. The summed E-state index contributed by atoms with van der Waals surface area (Å²) in [4.78, 5) is 14.0. The van der Waals surface area contributed by atoms with Crippen molar-refractivity contribution in [1.82, 2.24) is 10.2 Å². The molecule has 0 rings (SSSR count). The Morgan fingerprint density at radius 3 is 2.44 bits per heavy atom. The summed E-state index contributed by atoms with van der Waals surface area (Å²) in [6.45, 7) is 10.9. The van der Waals surface area contributed by atoms with Gasteiger partial charge in [0, 0.05) is 6.54 Å². The summed E-state index contributed by atoms with van der Waals surface area (Å²) in [7, 11) is 2.05. The number of likely N-dealkylation sites (N-methyl/N-ethyl adjacent to an activating group) is 1. The Kier molecular flexibility index (Phi) is 7.34. The fourth-order valence-electron chi connectivity index (χ4n) is 1.52. The summed E-state index contributed by atoms with van der Waals surface area (Å²) in [6, 6.07) is 0. The molecular formula is C12H26N2O2. The molecule has 0 aromatic heterocycles. The molecule has 1 unspecified atom stereocenters. The SMILES string of the molecule is CCNC(C)(CCN(C)CC)C(=O)OCC. The van der Waals surface area contributed by atoms with Gasteiger partial charge in [-0.1, -0.05) is 13.8 Å². The highest BCUT2D eigenvalue weighted by Crippen LogP contribution is 2.12. The second-order valence-corrected chi connectivity index (χ2v) is 4.23. The third-order valence-electron chi connectivity index (χ3n) is 2.83. The molecule has 0 fully saturated rings. The van der Waals surface area contributed by atoms with Crippen molar-refractivity contribution < 1.29 is 9.53 Å². The van der Waals surface area contributed by atoms with Gasteiger partial charge in [-0.2, -0.15) is 0 Å². The van der Waals surface area contributed by atoms with Crippen molar-refractivity contribution in [2.45, 2.75) is 39.7 Å². The van der Waals surface area contributed by atoms with Crippen LogP contribution in [0.3, 0.4) is 0 Å². The number of hydrogen-bond donors (Lipinski definition) is 1. The summed E-state index contributed by atoms with van der Waals surface area (Å²) in [5.74, 6) is -0.152. The molecule has 0 aliphatic heterocycles. The highest BCUT2D eigenvalue weighted by molar-refractivity contribution is 5.80. The van der Waals surface area contributed by atoms with E-state index >= 15 is 0 Å². The number of nitrogens with zero attached hydrogens (tertiary/aromatic N) is 1. The monoisotopic (exact) mass is 230 g/mol. The first-order valence-electron chi connectivity index (χ1n) is 6.11. The molecule has 96 valence electrons. The van der Waals surface area contributed by atoms with Crippen molar-refractivity contribution in [1.29, 1.82) is 0 Å². The van der Waals surface area contributed by atoms with Crippen LogP contribution in [0, 0.1) is 0 Å². The lowest BCUT2D eigenvalue weighted by atomic mass is 9.97. The van der Waals surface area contributed by atoms with E-state index in [1.54, 1.807) is 0 Å². The smallest absolute Gasteiger partial charge is 0.326 e. The standard InChI is InChI=1S/C12H26N2O2/c1-6-13-12(4,11(15)16-8-3)9-10-14(5)7-2/h13H,6-10H2,1-5H3. The largest absolute Gasteiger partial charge is 0.465 e. The minimum Gasteiger partial charge on any atom is -0.465 e. The summed E-state index contributed by atoms with van der Waals surface area (Å²) < 4.78 is 5.11.